The van der Waals surface area contributed by atoms with Crippen LogP contribution in [0.15, 0.2) is 115 Å². The van der Waals surface area contributed by atoms with Crippen molar-refractivity contribution in [3.63, 3.8) is 0 Å². The fourth-order valence-corrected chi connectivity index (χ4v) is 7.30. The molecular formula is C46H49ClF2O7. The highest BCUT2D eigenvalue weighted by Gasteiger charge is 2.58. The number of hydrogen-bond donors (Lipinski definition) is 0. The third-order valence-corrected chi connectivity index (χ3v) is 10.6. The molecule has 3 unspecified atom stereocenters. The Bertz CT molecular complexity index is 1950. The minimum atomic E-state index is -3.26. The molecule has 0 aromatic heterocycles. The molecule has 7 nitrogen and oxygen atoms in total. The zero-order valence-corrected chi connectivity index (χ0v) is 33.0. The molecule has 6 rings (SSSR count). The highest BCUT2D eigenvalue weighted by atomic mass is 35.5. The maximum Gasteiger partial charge on any atom is 0.262 e. The third-order valence-electron chi connectivity index (χ3n) is 10.2. The Balaban J connectivity index is 1.32. The summed E-state index contributed by atoms with van der Waals surface area (Å²) >= 11 is 6.72. The van der Waals surface area contributed by atoms with Crippen molar-refractivity contribution >= 4 is 11.6 Å². The second-order valence-electron chi connectivity index (χ2n) is 13.9. The molecule has 0 heterocycles. The first kappa shape index (κ1) is 41.0. The fraction of sp³-hybridized carbons (Fsp3) is 0.348. The summed E-state index contributed by atoms with van der Waals surface area (Å²) in [6, 6.07) is 35.2. The van der Waals surface area contributed by atoms with Gasteiger partial charge in [-0.25, -0.2) is 8.78 Å². The molecule has 0 amide bonds. The summed E-state index contributed by atoms with van der Waals surface area (Å²) in [6.45, 7) is 2.66. The molecule has 10 heteroatoms. The summed E-state index contributed by atoms with van der Waals surface area (Å²) in [4.78, 5) is 0. The Labute approximate surface area is 333 Å². The fourth-order valence-electron chi connectivity index (χ4n) is 7.11. The van der Waals surface area contributed by atoms with Gasteiger partial charge in [0.1, 0.15) is 23.0 Å². The first-order valence-corrected chi connectivity index (χ1v) is 19.2. The molecule has 0 spiro atoms. The highest BCUT2D eigenvalue weighted by molar-refractivity contribution is 6.31. The predicted molar refractivity (Wildman–Crippen MR) is 213 cm³/mol. The Kier molecular flexibility index (Phi) is 14.2. The summed E-state index contributed by atoms with van der Waals surface area (Å²) in [5, 5.41) is 0.508. The highest BCUT2D eigenvalue weighted by Crippen LogP contribution is 2.51. The SMILES string of the molecule is CCOc1ccc(Cc2cc(C3CC(OCc4ccc(OC)cc4)[C@H](OCc4ccc(OC)cc4)C(COCc4ccc(OC)cc4)C3(F)F)ccc2Cl)cc1. The van der Waals surface area contributed by atoms with Crippen LogP contribution in [-0.2, 0) is 40.5 Å². The number of methoxy groups -OCH3 is 3. The van der Waals surface area contributed by atoms with Crippen LogP contribution in [0.4, 0.5) is 8.78 Å². The molecule has 56 heavy (non-hydrogen) atoms. The summed E-state index contributed by atoms with van der Waals surface area (Å²) in [7, 11) is 4.79. The van der Waals surface area contributed by atoms with E-state index in [1.54, 1.807) is 33.5 Å². The average molecular weight is 787 g/mol. The molecule has 1 aliphatic rings. The molecule has 1 aliphatic carbocycles. The molecule has 0 aliphatic heterocycles. The first-order valence-electron chi connectivity index (χ1n) is 18.8. The first-order chi connectivity index (χ1) is 27.2. The van der Waals surface area contributed by atoms with E-state index in [9.17, 15) is 0 Å². The van der Waals surface area contributed by atoms with Crippen molar-refractivity contribution in [1.82, 2.24) is 0 Å². The average Bonchev–Trinajstić information content (AvgIpc) is 3.22. The van der Waals surface area contributed by atoms with Crippen molar-refractivity contribution in [2.24, 2.45) is 5.92 Å². The van der Waals surface area contributed by atoms with Crippen LogP contribution in [0.5, 0.6) is 23.0 Å². The summed E-state index contributed by atoms with van der Waals surface area (Å²) in [5.41, 5.74) is 4.75. The number of alkyl halides is 2. The van der Waals surface area contributed by atoms with Crippen molar-refractivity contribution in [3.05, 3.63) is 154 Å². The Hall–Kier alpha value is -4.67. The van der Waals surface area contributed by atoms with Crippen molar-refractivity contribution in [1.29, 1.82) is 0 Å². The predicted octanol–water partition coefficient (Wildman–Crippen LogP) is 10.5. The van der Waals surface area contributed by atoms with Gasteiger partial charge in [0, 0.05) is 5.02 Å². The van der Waals surface area contributed by atoms with Gasteiger partial charge in [0.05, 0.1) is 78.4 Å². The van der Waals surface area contributed by atoms with Crippen molar-refractivity contribution in [2.75, 3.05) is 34.5 Å². The minimum absolute atomic E-state index is 0.00946. The molecule has 5 aromatic rings. The molecule has 1 saturated carbocycles. The van der Waals surface area contributed by atoms with E-state index in [-0.39, 0.29) is 32.8 Å². The van der Waals surface area contributed by atoms with Crippen LogP contribution >= 0.6 is 11.6 Å². The van der Waals surface area contributed by atoms with Crippen molar-refractivity contribution in [3.8, 4) is 23.0 Å². The van der Waals surface area contributed by atoms with Gasteiger partial charge >= 0.3 is 0 Å². The summed E-state index contributed by atoms with van der Waals surface area (Å²) in [6.07, 6.45) is -1.24. The van der Waals surface area contributed by atoms with Gasteiger partial charge in [-0.05, 0) is 108 Å². The van der Waals surface area contributed by atoms with E-state index in [0.717, 1.165) is 33.6 Å². The van der Waals surface area contributed by atoms with Gasteiger partial charge in [-0.3, -0.25) is 0 Å². The molecule has 0 N–H and O–H groups in total. The van der Waals surface area contributed by atoms with Gasteiger partial charge < -0.3 is 33.2 Å². The van der Waals surface area contributed by atoms with Crippen LogP contribution in [0.1, 0.15) is 52.6 Å². The van der Waals surface area contributed by atoms with E-state index in [4.69, 9.17) is 44.8 Å². The van der Waals surface area contributed by atoms with E-state index in [0.29, 0.717) is 40.9 Å². The lowest BCUT2D eigenvalue weighted by Gasteiger charge is -2.46. The minimum Gasteiger partial charge on any atom is -0.497 e. The maximum absolute atomic E-state index is 17.4. The Morgan fingerprint density at radius 2 is 1.12 bits per heavy atom. The molecule has 0 bridgehead atoms. The molecule has 4 atom stereocenters. The number of rotatable bonds is 18. The molecule has 0 saturated heterocycles. The number of halogens is 3. The monoisotopic (exact) mass is 786 g/mol. The van der Waals surface area contributed by atoms with Crippen LogP contribution in [-0.4, -0.2) is 52.7 Å². The van der Waals surface area contributed by atoms with Gasteiger partial charge in [-0.1, -0.05) is 72.3 Å². The molecule has 5 aromatic carbocycles. The normalized spacial score (nSPS) is 19.0. The Morgan fingerprint density at radius 3 is 1.66 bits per heavy atom. The van der Waals surface area contributed by atoms with Gasteiger partial charge in [0.2, 0.25) is 0 Å². The van der Waals surface area contributed by atoms with Crippen molar-refractivity contribution < 1.29 is 41.9 Å². The lowest BCUT2D eigenvalue weighted by molar-refractivity contribution is -0.229. The van der Waals surface area contributed by atoms with Gasteiger partial charge in [-0.15, -0.1) is 0 Å². The van der Waals surface area contributed by atoms with Gasteiger partial charge in [0.15, 0.2) is 0 Å². The lowest BCUT2D eigenvalue weighted by Crippen LogP contribution is -2.56. The summed E-state index contributed by atoms with van der Waals surface area (Å²) in [5.74, 6) is -2.96. The van der Waals surface area contributed by atoms with Crippen LogP contribution in [0, 0.1) is 5.92 Å². The maximum atomic E-state index is 17.4. The van der Waals surface area contributed by atoms with E-state index < -0.39 is 30.0 Å². The molecule has 0 radical (unpaired) electrons. The third kappa shape index (κ3) is 10.4. The lowest BCUT2D eigenvalue weighted by atomic mass is 9.71. The second-order valence-corrected chi connectivity index (χ2v) is 14.3. The van der Waals surface area contributed by atoms with E-state index in [2.05, 4.69) is 0 Å². The zero-order valence-electron chi connectivity index (χ0n) is 32.2. The standard InChI is InChI=1S/C46H49ClF2O7/c1-5-54-40-21-6-31(7-22-40)24-36-25-35(14-23-43(36)47)41-26-44(55-28-33-10-17-38(51-3)18-11-33)45(56-29-34-12-19-39(52-4)20-13-34)42(46(41,48)49)30-53-27-32-8-15-37(50-2)16-9-32/h6-23,25,41-42,44-45H,5,24,26-30H2,1-4H3/t41?,42?,44?,45-/m1/s1. The van der Waals surface area contributed by atoms with E-state index in [1.165, 1.54) is 0 Å². The van der Waals surface area contributed by atoms with Crippen LogP contribution in [0.25, 0.3) is 0 Å². The number of ether oxygens (including phenoxy) is 7. The molecule has 296 valence electrons. The van der Waals surface area contributed by atoms with Crippen LogP contribution in [0.2, 0.25) is 5.02 Å². The van der Waals surface area contributed by atoms with Gasteiger partial charge in [0.25, 0.3) is 5.92 Å². The number of hydrogen-bond acceptors (Lipinski definition) is 7. The summed E-state index contributed by atoms with van der Waals surface area (Å²) < 4.78 is 75.6. The quantitative estimate of drug-likeness (QED) is 0.0876. The second kappa shape index (κ2) is 19.5. The topological polar surface area (TPSA) is 64.6 Å². The van der Waals surface area contributed by atoms with Crippen LogP contribution < -0.4 is 18.9 Å². The van der Waals surface area contributed by atoms with E-state index >= 15 is 8.78 Å². The number of benzene rings is 5. The Morgan fingerprint density at radius 1 is 0.625 bits per heavy atom. The van der Waals surface area contributed by atoms with Gasteiger partial charge in [-0.2, -0.15) is 0 Å². The van der Waals surface area contributed by atoms with E-state index in [1.807, 2.05) is 110 Å². The molecular weight excluding hydrogens is 738 g/mol. The largest absolute Gasteiger partial charge is 0.497 e. The molecule has 1 fully saturated rings. The van der Waals surface area contributed by atoms with Crippen LogP contribution in [0.3, 0.4) is 0 Å². The smallest absolute Gasteiger partial charge is 0.262 e. The zero-order chi connectivity index (χ0) is 39.5. The van der Waals surface area contributed by atoms with Crippen molar-refractivity contribution in [2.45, 2.75) is 63.6 Å².